The number of aryl methyl sites for hydroxylation is 1. The highest BCUT2D eigenvalue weighted by Crippen LogP contribution is 2.24. The molecule has 3 heteroatoms. The Morgan fingerprint density at radius 2 is 2.00 bits per heavy atom. The lowest BCUT2D eigenvalue weighted by Crippen LogP contribution is -1.91. The lowest BCUT2D eigenvalue weighted by molar-refractivity contribution is 0.386. The van der Waals surface area contributed by atoms with Crippen LogP contribution >= 0.6 is 0 Å². The normalized spacial score (nSPS) is 10.6. The maximum absolute atomic E-state index is 13.7. The molecule has 0 spiro atoms. The van der Waals surface area contributed by atoms with Crippen LogP contribution in [0.2, 0.25) is 0 Å². The van der Waals surface area contributed by atoms with E-state index in [0.29, 0.717) is 0 Å². The van der Waals surface area contributed by atoms with Crippen molar-refractivity contribution in [1.29, 1.82) is 0 Å². The minimum absolute atomic E-state index is 0.255. The molecule has 0 aliphatic carbocycles. The predicted octanol–water partition coefficient (Wildman–Crippen LogP) is 4.63. The topological polar surface area (TPSA) is 22.1 Å². The average molecular weight is 273 g/mol. The number of hydrogen-bond donors (Lipinski definition) is 0. The number of ether oxygens (including phenoxy) is 1. The average Bonchev–Trinajstić information content (AvgIpc) is 2.48. The summed E-state index contributed by atoms with van der Waals surface area (Å²) in [5.41, 5.74) is 2.78. The smallest absolute Gasteiger partial charge is 0.165 e. The fourth-order valence-electron chi connectivity index (χ4n) is 2.15. The summed E-state index contributed by atoms with van der Waals surface area (Å²) < 4.78 is 18.6. The molecule has 0 bridgehead atoms. The van der Waals surface area contributed by atoms with Gasteiger partial charge in [0.1, 0.15) is 0 Å². The fourth-order valence-corrected chi connectivity index (χ4v) is 2.15. The van der Waals surface area contributed by atoms with Crippen molar-refractivity contribution in [3.05, 3.63) is 47.9 Å². The molecule has 0 radical (unpaired) electrons. The predicted molar refractivity (Wildman–Crippen MR) is 79.4 cm³/mol. The maximum Gasteiger partial charge on any atom is 0.165 e. The molecule has 20 heavy (non-hydrogen) atoms. The largest absolute Gasteiger partial charge is 0.494 e. The van der Waals surface area contributed by atoms with E-state index in [4.69, 9.17) is 4.74 Å². The number of unbranched alkanes of at least 4 members (excludes halogenated alkanes) is 2. The monoisotopic (exact) mass is 273 g/mol. The summed E-state index contributed by atoms with van der Waals surface area (Å²) in [5, 5.41) is 0. The van der Waals surface area contributed by atoms with E-state index in [0.717, 1.165) is 17.7 Å². The van der Waals surface area contributed by atoms with Crippen molar-refractivity contribution in [2.24, 2.45) is 0 Å². The molecule has 0 aliphatic heterocycles. The number of pyridine rings is 1. The summed E-state index contributed by atoms with van der Waals surface area (Å²) in [6.07, 6.45) is 6.59. The molecule has 0 amide bonds. The number of nitrogens with zero attached hydrogens (tertiary/aromatic N) is 1. The number of aromatic nitrogens is 1. The number of halogens is 1. The Balaban J connectivity index is 2.11. The zero-order valence-electron chi connectivity index (χ0n) is 12.0. The van der Waals surface area contributed by atoms with Gasteiger partial charge in [-0.2, -0.15) is 0 Å². The van der Waals surface area contributed by atoms with Crippen molar-refractivity contribution in [2.45, 2.75) is 32.6 Å². The molecule has 0 unspecified atom stereocenters. The van der Waals surface area contributed by atoms with Gasteiger partial charge in [-0.05, 0) is 42.7 Å². The molecule has 2 rings (SSSR count). The Morgan fingerprint density at radius 1 is 1.15 bits per heavy atom. The van der Waals surface area contributed by atoms with E-state index in [1.165, 1.54) is 38.0 Å². The molecule has 0 fully saturated rings. The summed E-state index contributed by atoms with van der Waals surface area (Å²) in [6.45, 7) is 2.19. The zero-order chi connectivity index (χ0) is 14.4. The molecule has 0 aliphatic rings. The summed E-state index contributed by atoms with van der Waals surface area (Å²) >= 11 is 0. The molecule has 0 atom stereocenters. The third kappa shape index (κ3) is 3.56. The molecule has 106 valence electrons. The number of hydrogen-bond acceptors (Lipinski definition) is 2. The SMILES string of the molecule is CCCCCc1ccc(-c2ccc(OC)c(F)c2)nc1. The maximum atomic E-state index is 13.7. The summed E-state index contributed by atoms with van der Waals surface area (Å²) in [7, 11) is 1.46. The number of benzene rings is 1. The van der Waals surface area contributed by atoms with Crippen molar-refractivity contribution in [3.63, 3.8) is 0 Å². The van der Waals surface area contributed by atoms with Gasteiger partial charge in [-0.3, -0.25) is 4.98 Å². The van der Waals surface area contributed by atoms with E-state index in [1.54, 1.807) is 6.07 Å². The third-order valence-electron chi connectivity index (χ3n) is 3.34. The van der Waals surface area contributed by atoms with Gasteiger partial charge in [0.15, 0.2) is 11.6 Å². The molecule has 0 saturated carbocycles. The van der Waals surface area contributed by atoms with Gasteiger partial charge in [0.05, 0.1) is 12.8 Å². The zero-order valence-corrected chi connectivity index (χ0v) is 12.0. The molecule has 1 aromatic carbocycles. The van der Waals surface area contributed by atoms with Crippen LogP contribution in [0.15, 0.2) is 36.5 Å². The van der Waals surface area contributed by atoms with Crippen LogP contribution < -0.4 is 4.74 Å². The molecule has 1 heterocycles. The van der Waals surface area contributed by atoms with Gasteiger partial charge in [-0.15, -0.1) is 0 Å². The highest BCUT2D eigenvalue weighted by Gasteiger charge is 2.06. The van der Waals surface area contributed by atoms with Crippen LogP contribution in [0, 0.1) is 5.82 Å². The van der Waals surface area contributed by atoms with Crippen LogP contribution in [0.4, 0.5) is 4.39 Å². The van der Waals surface area contributed by atoms with E-state index in [9.17, 15) is 4.39 Å². The van der Waals surface area contributed by atoms with Gasteiger partial charge >= 0.3 is 0 Å². The Kier molecular flexibility index (Phi) is 5.10. The highest BCUT2D eigenvalue weighted by atomic mass is 19.1. The fraction of sp³-hybridized carbons (Fsp3) is 0.353. The van der Waals surface area contributed by atoms with E-state index in [-0.39, 0.29) is 11.6 Å². The Hall–Kier alpha value is -1.90. The second kappa shape index (κ2) is 7.04. The molecule has 2 nitrogen and oxygen atoms in total. The molecule has 1 aromatic heterocycles. The molecule has 2 aromatic rings. The van der Waals surface area contributed by atoms with Crippen molar-refractivity contribution in [3.8, 4) is 17.0 Å². The van der Waals surface area contributed by atoms with Crippen LogP contribution in [-0.4, -0.2) is 12.1 Å². The van der Waals surface area contributed by atoms with E-state index in [2.05, 4.69) is 18.0 Å². The number of rotatable bonds is 6. The van der Waals surface area contributed by atoms with Crippen molar-refractivity contribution < 1.29 is 9.13 Å². The first-order valence-corrected chi connectivity index (χ1v) is 7.03. The first kappa shape index (κ1) is 14.5. The minimum atomic E-state index is -0.362. The van der Waals surface area contributed by atoms with Gasteiger partial charge in [0.25, 0.3) is 0 Å². The van der Waals surface area contributed by atoms with Crippen molar-refractivity contribution in [1.82, 2.24) is 4.98 Å². The van der Waals surface area contributed by atoms with Gasteiger partial charge in [0.2, 0.25) is 0 Å². The van der Waals surface area contributed by atoms with Gasteiger partial charge in [-0.25, -0.2) is 4.39 Å². The second-order valence-electron chi connectivity index (χ2n) is 4.86. The summed E-state index contributed by atoms with van der Waals surface area (Å²) in [4.78, 5) is 4.42. The van der Waals surface area contributed by atoms with Crippen LogP contribution in [0.25, 0.3) is 11.3 Å². The quantitative estimate of drug-likeness (QED) is 0.716. The first-order valence-electron chi connectivity index (χ1n) is 7.03. The van der Waals surface area contributed by atoms with Crippen molar-refractivity contribution >= 4 is 0 Å². The van der Waals surface area contributed by atoms with E-state index in [1.807, 2.05) is 18.3 Å². The van der Waals surface area contributed by atoms with Crippen molar-refractivity contribution in [2.75, 3.05) is 7.11 Å². The Morgan fingerprint density at radius 3 is 2.60 bits per heavy atom. The minimum Gasteiger partial charge on any atom is -0.494 e. The number of methoxy groups -OCH3 is 1. The molecular formula is C17H20FNO. The Bertz CT molecular complexity index is 551. The molecular weight excluding hydrogens is 253 g/mol. The molecule has 0 saturated heterocycles. The second-order valence-corrected chi connectivity index (χ2v) is 4.86. The van der Waals surface area contributed by atoms with Gasteiger partial charge in [-0.1, -0.05) is 25.8 Å². The summed E-state index contributed by atoms with van der Waals surface area (Å²) in [5.74, 6) is -0.108. The molecule has 0 N–H and O–H groups in total. The lowest BCUT2D eigenvalue weighted by atomic mass is 10.1. The van der Waals surface area contributed by atoms with E-state index >= 15 is 0 Å². The van der Waals surface area contributed by atoms with Gasteiger partial charge in [0, 0.05) is 11.8 Å². The third-order valence-corrected chi connectivity index (χ3v) is 3.34. The van der Waals surface area contributed by atoms with Crippen LogP contribution in [0.3, 0.4) is 0 Å². The van der Waals surface area contributed by atoms with Crippen LogP contribution in [0.5, 0.6) is 5.75 Å². The summed E-state index contributed by atoms with van der Waals surface area (Å²) in [6, 6.07) is 8.92. The standard InChI is InChI=1S/C17H20FNO/c1-3-4-5-6-13-7-9-16(19-12-13)14-8-10-17(20-2)15(18)11-14/h7-12H,3-6H2,1-2H3. The first-order chi connectivity index (χ1) is 9.74. The Labute approximate surface area is 119 Å². The van der Waals surface area contributed by atoms with Crippen LogP contribution in [-0.2, 0) is 6.42 Å². The lowest BCUT2D eigenvalue weighted by Gasteiger charge is -2.06. The van der Waals surface area contributed by atoms with Gasteiger partial charge < -0.3 is 4.74 Å². The van der Waals surface area contributed by atoms with Crippen LogP contribution in [0.1, 0.15) is 31.7 Å². The van der Waals surface area contributed by atoms with E-state index < -0.39 is 0 Å². The highest BCUT2D eigenvalue weighted by molar-refractivity contribution is 5.60.